The molecule has 0 aromatic carbocycles. The van der Waals surface area contributed by atoms with E-state index in [1.165, 1.54) is 18.4 Å². The largest absolute Gasteiger partial charge is 0.351 e. The second-order valence-corrected chi connectivity index (χ2v) is 5.01. The van der Waals surface area contributed by atoms with Crippen molar-refractivity contribution >= 4 is 5.82 Å². The lowest BCUT2D eigenvalue weighted by atomic mass is 10.2. The molecule has 0 saturated carbocycles. The first kappa shape index (κ1) is 13.0. The lowest BCUT2D eigenvalue weighted by molar-refractivity contribution is 0.592. The van der Waals surface area contributed by atoms with Crippen LogP contribution in [0.1, 0.15) is 26.7 Å². The third-order valence-electron chi connectivity index (χ3n) is 3.26. The maximum absolute atomic E-state index is 4.20. The standard InChI is InChI=1S/C14H22N4/c1-12(2)7-9-15-11-13-5-4-10-18(13)14-6-3-8-16-17-14/h3,6-8,13,15H,4-5,9-11H2,1-2H3/t13-/m0/s1. The predicted octanol–water partition coefficient (Wildman–Crippen LogP) is 2.00. The normalized spacial score (nSPS) is 19.0. The van der Waals surface area contributed by atoms with Crippen molar-refractivity contribution < 1.29 is 0 Å². The number of anilines is 1. The molecule has 2 heterocycles. The highest BCUT2D eigenvalue weighted by Crippen LogP contribution is 2.22. The zero-order chi connectivity index (χ0) is 12.8. The van der Waals surface area contributed by atoms with Gasteiger partial charge in [-0.3, -0.25) is 0 Å². The van der Waals surface area contributed by atoms with Gasteiger partial charge < -0.3 is 10.2 Å². The molecule has 1 aromatic rings. The number of hydrogen-bond donors (Lipinski definition) is 1. The summed E-state index contributed by atoms with van der Waals surface area (Å²) >= 11 is 0. The van der Waals surface area contributed by atoms with Crippen molar-refractivity contribution in [2.24, 2.45) is 0 Å². The third-order valence-corrected chi connectivity index (χ3v) is 3.26. The maximum atomic E-state index is 4.20. The van der Waals surface area contributed by atoms with Crippen LogP contribution in [-0.2, 0) is 0 Å². The quantitative estimate of drug-likeness (QED) is 0.637. The van der Waals surface area contributed by atoms with Gasteiger partial charge in [0.2, 0.25) is 0 Å². The average Bonchev–Trinajstić information content (AvgIpc) is 2.84. The maximum Gasteiger partial charge on any atom is 0.151 e. The van der Waals surface area contributed by atoms with E-state index in [1.807, 2.05) is 12.1 Å². The van der Waals surface area contributed by atoms with Gasteiger partial charge >= 0.3 is 0 Å². The van der Waals surface area contributed by atoms with E-state index in [-0.39, 0.29) is 0 Å². The molecule has 1 aliphatic heterocycles. The molecule has 1 atom stereocenters. The van der Waals surface area contributed by atoms with Crippen molar-refractivity contribution in [1.82, 2.24) is 15.5 Å². The Bertz CT molecular complexity index is 384. The molecule has 4 heteroatoms. The highest BCUT2D eigenvalue weighted by atomic mass is 15.3. The highest BCUT2D eigenvalue weighted by molar-refractivity contribution is 5.39. The van der Waals surface area contributed by atoms with Gasteiger partial charge in [-0.2, -0.15) is 5.10 Å². The molecule has 98 valence electrons. The van der Waals surface area contributed by atoms with Gasteiger partial charge in [0.25, 0.3) is 0 Å². The molecule has 0 unspecified atom stereocenters. The Hall–Kier alpha value is -1.42. The van der Waals surface area contributed by atoms with Crippen LogP contribution in [-0.4, -0.2) is 35.9 Å². The van der Waals surface area contributed by atoms with Crippen molar-refractivity contribution in [1.29, 1.82) is 0 Å². The van der Waals surface area contributed by atoms with Gasteiger partial charge in [-0.05, 0) is 38.8 Å². The van der Waals surface area contributed by atoms with Crippen molar-refractivity contribution in [3.63, 3.8) is 0 Å². The molecule has 1 aromatic heterocycles. The minimum atomic E-state index is 0.548. The van der Waals surface area contributed by atoms with Crippen LogP contribution in [0.15, 0.2) is 30.0 Å². The van der Waals surface area contributed by atoms with Crippen molar-refractivity contribution in [3.05, 3.63) is 30.0 Å². The first-order valence-corrected chi connectivity index (χ1v) is 6.66. The van der Waals surface area contributed by atoms with Gasteiger partial charge in [0.15, 0.2) is 5.82 Å². The number of hydrogen-bond acceptors (Lipinski definition) is 4. The zero-order valence-corrected chi connectivity index (χ0v) is 11.3. The Balaban J connectivity index is 1.86. The molecule has 1 aliphatic rings. The van der Waals surface area contributed by atoms with Crippen LogP contribution >= 0.6 is 0 Å². The fraction of sp³-hybridized carbons (Fsp3) is 0.571. The number of nitrogens with zero attached hydrogens (tertiary/aromatic N) is 3. The van der Waals surface area contributed by atoms with Gasteiger partial charge in [-0.1, -0.05) is 11.6 Å². The molecule has 0 amide bonds. The van der Waals surface area contributed by atoms with Gasteiger partial charge in [0.1, 0.15) is 0 Å². The molecule has 2 rings (SSSR count). The van der Waals surface area contributed by atoms with Crippen molar-refractivity contribution in [2.45, 2.75) is 32.7 Å². The Morgan fingerprint density at radius 2 is 2.44 bits per heavy atom. The number of allylic oxidation sites excluding steroid dienone is 1. The summed E-state index contributed by atoms with van der Waals surface area (Å²) in [5.74, 6) is 1.00. The van der Waals surface area contributed by atoms with Gasteiger partial charge in [0.05, 0.1) is 0 Å². The minimum absolute atomic E-state index is 0.548. The average molecular weight is 246 g/mol. The second kappa shape index (κ2) is 6.50. The molecule has 1 saturated heterocycles. The van der Waals surface area contributed by atoms with E-state index in [9.17, 15) is 0 Å². The molecule has 0 bridgehead atoms. The first-order valence-electron chi connectivity index (χ1n) is 6.66. The number of aromatic nitrogens is 2. The van der Waals surface area contributed by atoms with Crippen LogP contribution in [0.4, 0.5) is 5.82 Å². The third kappa shape index (κ3) is 3.53. The van der Waals surface area contributed by atoms with Gasteiger partial charge in [-0.15, -0.1) is 5.10 Å². The summed E-state index contributed by atoms with van der Waals surface area (Å²) in [6.45, 7) is 7.31. The van der Waals surface area contributed by atoms with E-state index in [0.29, 0.717) is 6.04 Å². The van der Waals surface area contributed by atoms with E-state index in [0.717, 1.165) is 25.5 Å². The summed E-state index contributed by atoms with van der Waals surface area (Å²) in [5, 5.41) is 11.7. The van der Waals surface area contributed by atoms with Gasteiger partial charge in [0, 0.05) is 31.9 Å². The van der Waals surface area contributed by atoms with E-state index in [2.05, 4.69) is 40.3 Å². The summed E-state index contributed by atoms with van der Waals surface area (Å²) in [6.07, 6.45) is 6.42. The van der Waals surface area contributed by atoms with Crippen LogP contribution in [0.25, 0.3) is 0 Å². The summed E-state index contributed by atoms with van der Waals surface area (Å²) < 4.78 is 0. The molecular weight excluding hydrogens is 224 g/mol. The molecule has 1 N–H and O–H groups in total. The molecule has 1 fully saturated rings. The van der Waals surface area contributed by atoms with Crippen molar-refractivity contribution in [3.8, 4) is 0 Å². The Morgan fingerprint density at radius 1 is 1.56 bits per heavy atom. The minimum Gasteiger partial charge on any atom is -0.351 e. The van der Waals surface area contributed by atoms with E-state index >= 15 is 0 Å². The second-order valence-electron chi connectivity index (χ2n) is 5.01. The lowest BCUT2D eigenvalue weighted by Crippen LogP contribution is -2.38. The molecular formula is C14H22N4. The molecule has 0 radical (unpaired) electrons. The fourth-order valence-electron chi connectivity index (χ4n) is 2.32. The van der Waals surface area contributed by atoms with E-state index in [1.54, 1.807) is 6.20 Å². The topological polar surface area (TPSA) is 41.0 Å². The van der Waals surface area contributed by atoms with Crippen LogP contribution in [0.5, 0.6) is 0 Å². The fourth-order valence-corrected chi connectivity index (χ4v) is 2.32. The number of rotatable bonds is 5. The van der Waals surface area contributed by atoms with Crippen LogP contribution in [0.3, 0.4) is 0 Å². The summed E-state index contributed by atoms with van der Waals surface area (Å²) in [7, 11) is 0. The monoisotopic (exact) mass is 246 g/mol. The highest BCUT2D eigenvalue weighted by Gasteiger charge is 2.24. The molecule has 0 aliphatic carbocycles. The smallest absolute Gasteiger partial charge is 0.151 e. The molecule has 4 nitrogen and oxygen atoms in total. The van der Waals surface area contributed by atoms with Crippen LogP contribution in [0.2, 0.25) is 0 Å². The molecule has 0 spiro atoms. The number of nitrogens with one attached hydrogen (secondary N) is 1. The first-order chi connectivity index (χ1) is 8.77. The predicted molar refractivity (Wildman–Crippen MR) is 74.7 cm³/mol. The summed E-state index contributed by atoms with van der Waals surface area (Å²) in [5.41, 5.74) is 1.36. The van der Waals surface area contributed by atoms with Gasteiger partial charge in [-0.25, -0.2) is 0 Å². The lowest BCUT2D eigenvalue weighted by Gasteiger charge is -2.25. The Morgan fingerprint density at radius 3 is 3.17 bits per heavy atom. The molecule has 18 heavy (non-hydrogen) atoms. The van der Waals surface area contributed by atoms with E-state index < -0.39 is 0 Å². The van der Waals surface area contributed by atoms with Crippen LogP contribution in [0, 0.1) is 0 Å². The van der Waals surface area contributed by atoms with Crippen LogP contribution < -0.4 is 10.2 Å². The Kier molecular flexibility index (Phi) is 4.70. The van der Waals surface area contributed by atoms with E-state index in [4.69, 9.17) is 0 Å². The Labute approximate surface area is 109 Å². The summed E-state index contributed by atoms with van der Waals surface area (Å²) in [6, 6.07) is 4.54. The zero-order valence-electron chi connectivity index (χ0n) is 11.3. The summed E-state index contributed by atoms with van der Waals surface area (Å²) in [4.78, 5) is 2.36. The van der Waals surface area contributed by atoms with Crippen molar-refractivity contribution in [2.75, 3.05) is 24.5 Å². The SMILES string of the molecule is CC(C)=CCNC[C@@H]1CCCN1c1cccnn1.